The van der Waals surface area contributed by atoms with Gasteiger partial charge in [0.05, 0.1) is 18.2 Å². The van der Waals surface area contributed by atoms with Crippen molar-refractivity contribution in [3.63, 3.8) is 0 Å². The fourth-order valence-electron chi connectivity index (χ4n) is 2.59. The summed E-state index contributed by atoms with van der Waals surface area (Å²) in [5.41, 5.74) is 8.04. The Morgan fingerprint density at radius 2 is 2.30 bits per heavy atom. The lowest BCUT2D eigenvalue weighted by Gasteiger charge is -2.36. The van der Waals surface area contributed by atoms with E-state index in [2.05, 4.69) is 9.88 Å². The zero-order valence-corrected chi connectivity index (χ0v) is 12.2. The van der Waals surface area contributed by atoms with Gasteiger partial charge in [0.15, 0.2) is 0 Å². The van der Waals surface area contributed by atoms with Crippen molar-refractivity contribution in [2.24, 2.45) is 5.73 Å². The summed E-state index contributed by atoms with van der Waals surface area (Å²) >= 11 is 6.03. The number of aromatic nitrogens is 1. The smallest absolute Gasteiger partial charge is 0.0898 e. The fraction of sp³-hybridized carbons (Fsp3) is 0.400. The van der Waals surface area contributed by atoms with Crippen molar-refractivity contribution >= 4 is 28.2 Å². The van der Waals surface area contributed by atoms with Crippen LogP contribution in [0.5, 0.6) is 0 Å². The Morgan fingerprint density at radius 1 is 1.45 bits per heavy atom. The van der Waals surface area contributed by atoms with Gasteiger partial charge in [-0.15, -0.1) is 0 Å². The number of pyridine rings is 1. The van der Waals surface area contributed by atoms with Crippen molar-refractivity contribution in [1.29, 1.82) is 0 Å². The second-order valence-electron chi connectivity index (χ2n) is 5.21. The first-order chi connectivity index (χ1) is 9.65. The molecule has 1 saturated heterocycles. The van der Waals surface area contributed by atoms with Crippen molar-refractivity contribution in [3.8, 4) is 0 Å². The maximum Gasteiger partial charge on any atom is 0.0898 e. The van der Waals surface area contributed by atoms with Gasteiger partial charge in [-0.3, -0.25) is 4.98 Å². The summed E-state index contributed by atoms with van der Waals surface area (Å²) in [6, 6.07) is 7.89. The first kappa shape index (κ1) is 13.6. The number of nitrogens with zero attached hydrogens (tertiary/aromatic N) is 2. The molecule has 2 heterocycles. The molecule has 3 rings (SSSR count). The zero-order chi connectivity index (χ0) is 14.1. The van der Waals surface area contributed by atoms with Gasteiger partial charge in [0, 0.05) is 41.4 Å². The Hall–Kier alpha value is -1.36. The molecule has 1 fully saturated rings. The fourth-order valence-corrected chi connectivity index (χ4v) is 2.76. The highest BCUT2D eigenvalue weighted by Gasteiger charge is 2.24. The van der Waals surface area contributed by atoms with Gasteiger partial charge in [0.2, 0.25) is 0 Å². The minimum atomic E-state index is 0.0281. The average molecular weight is 292 g/mol. The molecular weight excluding hydrogens is 274 g/mol. The molecule has 2 unspecified atom stereocenters. The van der Waals surface area contributed by atoms with E-state index in [1.165, 1.54) is 5.69 Å². The van der Waals surface area contributed by atoms with Crippen molar-refractivity contribution in [1.82, 2.24) is 4.98 Å². The number of hydrogen-bond acceptors (Lipinski definition) is 4. The molecule has 0 aliphatic carbocycles. The van der Waals surface area contributed by atoms with Crippen molar-refractivity contribution in [2.45, 2.75) is 19.1 Å². The maximum atomic E-state index is 6.03. The van der Waals surface area contributed by atoms with E-state index in [1.54, 1.807) is 0 Å². The third-order valence-corrected chi connectivity index (χ3v) is 3.94. The SMILES string of the molecule is CC(N)C1CN(c2ccnc3cc(Cl)ccc23)CCO1. The number of hydrogen-bond donors (Lipinski definition) is 1. The largest absolute Gasteiger partial charge is 0.373 e. The zero-order valence-electron chi connectivity index (χ0n) is 11.4. The number of benzene rings is 1. The number of nitrogens with two attached hydrogens (primary N) is 1. The van der Waals surface area contributed by atoms with Gasteiger partial charge in [-0.25, -0.2) is 0 Å². The van der Waals surface area contributed by atoms with Crippen LogP contribution in [0.1, 0.15) is 6.92 Å². The molecule has 2 N–H and O–H groups in total. The Balaban J connectivity index is 1.97. The minimum absolute atomic E-state index is 0.0281. The molecule has 4 nitrogen and oxygen atoms in total. The van der Waals surface area contributed by atoms with Gasteiger partial charge in [-0.2, -0.15) is 0 Å². The van der Waals surface area contributed by atoms with Crippen molar-refractivity contribution < 1.29 is 4.74 Å². The van der Waals surface area contributed by atoms with E-state index in [0.717, 1.165) is 24.0 Å². The van der Waals surface area contributed by atoms with Gasteiger partial charge in [-0.1, -0.05) is 11.6 Å². The Kier molecular flexibility index (Phi) is 3.78. The summed E-state index contributed by atoms with van der Waals surface area (Å²) < 4.78 is 5.72. The van der Waals surface area contributed by atoms with E-state index >= 15 is 0 Å². The van der Waals surface area contributed by atoms with Crippen LogP contribution in [0, 0.1) is 0 Å². The minimum Gasteiger partial charge on any atom is -0.373 e. The quantitative estimate of drug-likeness (QED) is 0.923. The van der Waals surface area contributed by atoms with Crippen molar-refractivity contribution in [2.75, 3.05) is 24.6 Å². The molecule has 106 valence electrons. The van der Waals surface area contributed by atoms with Crippen LogP contribution in [0.2, 0.25) is 5.02 Å². The molecule has 0 saturated carbocycles. The van der Waals surface area contributed by atoms with Crippen LogP contribution in [-0.4, -0.2) is 36.8 Å². The van der Waals surface area contributed by atoms with Gasteiger partial charge >= 0.3 is 0 Å². The monoisotopic (exact) mass is 291 g/mol. The highest BCUT2D eigenvalue weighted by molar-refractivity contribution is 6.31. The summed E-state index contributed by atoms with van der Waals surface area (Å²) in [6.07, 6.45) is 1.89. The van der Waals surface area contributed by atoms with Gasteiger partial charge in [0.25, 0.3) is 0 Å². The topological polar surface area (TPSA) is 51.4 Å². The Labute approximate surface area is 123 Å². The normalized spacial score (nSPS) is 21.1. The lowest BCUT2D eigenvalue weighted by atomic mass is 10.1. The summed E-state index contributed by atoms with van der Waals surface area (Å²) in [7, 11) is 0. The third kappa shape index (κ3) is 2.59. The highest BCUT2D eigenvalue weighted by Crippen LogP contribution is 2.28. The number of rotatable bonds is 2. The predicted octanol–water partition coefficient (Wildman–Crippen LogP) is 2.44. The third-order valence-electron chi connectivity index (χ3n) is 3.70. The molecule has 0 amide bonds. The van der Waals surface area contributed by atoms with Crippen molar-refractivity contribution in [3.05, 3.63) is 35.5 Å². The molecule has 2 atom stereocenters. The molecule has 1 aliphatic heterocycles. The van der Waals surface area contributed by atoms with Crippen LogP contribution in [-0.2, 0) is 4.74 Å². The Morgan fingerprint density at radius 3 is 3.10 bits per heavy atom. The second kappa shape index (κ2) is 5.56. The van der Waals surface area contributed by atoms with Crippen LogP contribution < -0.4 is 10.6 Å². The molecule has 1 aromatic carbocycles. The van der Waals surface area contributed by atoms with Crippen LogP contribution in [0.15, 0.2) is 30.5 Å². The number of ether oxygens (including phenoxy) is 1. The number of fused-ring (bicyclic) bond motifs is 1. The average Bonchev–Trinajstić information content (AvgIpc) is 2.46. The Bertz CT molecular complexity index is 617. The van der Waals surface area contributed by atoms with Gasteiger partial charge in [0.1, 0.15) is 0 Å². The summed E-state index contributed by atoms with van der Waals surface area (Å²) in [6.45, 7) is 4.35. The molecule has 1 aromatic heterocycles. The lowest BCUT2D eigenvalue weighted by molar-refractivity contribution is 0.0277. The van der Waals surface area contributed by atoms with E-state index in [0.29, 0.717) is 11.6 Å². The molecule has 1 aliphatic rings. The first-order valence-corrected chi connectivity index (χ1v) is 7.19. The van der Waals surface area contributed by atoms with Crippen LogP contribution in [0.25, 0.3) is 10.9 Å². The molecule has 5 heteroatoms. The first-order valence-electron chi connectivity index (χ1n) is 6.81. The van der Waals surface area contributed by atoms with Crippen LogP contribution in [0.3, 0.4) is 0 Å². The molecule has 2 aromatic rings. The lowest BCUT2D eigenvalue weighted by Crippen LogP contribution is -2.49. The van der Waals surface area contributed by atoms with E-state index in [-0.39, 0.29) is 12.1 Å². The number of anilines is 1. The van der Waals surface area contributed by atoms with Gasteiger partial charge < -0.3 is 15.4 Å². The number of halogens is 1. The summed E-state index contributed by atoms with van der Waals surface area (Å²) in [5, 5.41) is 1.82. The van der Waals surface area contributed by atoms with E-state index < -0.39 is 0 Å². The van der Waals surface area contributed by atoms with Crippen LogP contribution >= 0.6 is 11.6 Å². The van der Waals surface area contributed by atoms with E-state index in [9.17, 15) is 0 Å². The summed E-state index contributed by atoms with van der Waals surface area (Å²) in [5.74, 6) is 0. The maximum absolute atomic E-state index is 6.03. The van der Waals surface area contributed by atoms with Gasteiger partial charge in [-0.05, 0) is 31.2 Å². The molecule has 20 heavy (non-hydrogen) atoms. The number of morpholine rings is 1. The highest BCUT2D eigenvalue weighted by atomic mass is 35.5. The standard InChI is InChI=1S/C15H18ClN3O/c1-10(17)15-9-19(6-7-20-15)14-4-5-18-13-8-11(16)2-3-12(13)14/h2-5,8,10,15H,6-7,9,17H2,1H3. The molecule has 0 bridgehead atoms. The predicted molar refractivity (Wildman–Crippen MR) is 82.4 cm³/mol. The molecular formula is C15H18ClN3O. The van der Waals surface area contributed by atoms with Crippen LogP contribution in [0.4, 0.5) is 5.69 Å². The summed E-state index contributed by atoms with van der Waals surface area (Å²) in [4.78, 5) is 6.70. The molecule has 0 spiro atoms. The molecule has 0 radical (unpaired) electrons. The van der Waals surface area contributed by atoms with E-state index in [4.69, 9.17) is 22.1 Å². The second-order valence-corrected chi connectivity index (χ2v) is 5.64. The van der Waals surface area contributed by atoms with E-state index in [1.807, 2.05) is 37.4 Å².